The number of para-hydroxylation sites is 1. The number of rotatable bonds is 3. The van der Waals surface area contributed by atoms with Crippen molar-refractivity contribution in [3.05, 3.63) is 53.9 Å². The Morgan fingerprint density at radius 3 is 2.62 bits per heavy atom. The molecule has 0 saturated heterocycles. The molecule has 0 radical (unpaired) electrons. The Morgan fingerprint density at radius 1 is 1.19 bits per heavy atom. The molecule has 0 unspecified atom stereocenters. The van der Waals surface area contributed by atoms with E-state index in [4.69, 9.17) is 9.47 Å². The van der Waals surface area contributed by atoms with E-state index in [1.54, 1.807) is 27.0 Å². The summed E-state index contributed by atoms with van der Waals surface area (Å²) >= 11 is 0. The monoisotopic (exact) mass is 354 g/mol. The maximum Gasteiger partial charge on any atom is 0.408 e. The van der Waals surface area contributed by atoms with Crippen molar-refractivity contribution < 1.29 is 19.1 Å². The summed E-state index contributed by atoms with van der Waals surface area (Å²) in [7, 11) is 0. The first-order valence-corrected chi connectivity index (χ1v) is 8.53. The van der Waals surface area contributed by atoms with Crippen LogP contribution in [-0.4, -0.2) is 28.5 Å². The number of carbonyl (C=O) groups is 2. The van der Waals surface area contributed by atoms with E-state index in [1.807, 2.05) is 36.4 Å². The van der Waals surface area contributed by atoms with Crippen molar-refractivity contribution in [2.75, 3.05) is 0 Å². The van der Waals surface area contributed by atoms with Crippen molar-refractivity contribution in [3.63, 3.8) is 0 Å². The quantitative estimate of drug-likeness (QED) is 0.914. The van der Waals surface area contributed by atoms with Gasteiger partial charge < -0.3 is 14.8 Å². The third kappa shape index (κ3) is 4.59. The number of fused-ring (bicyclic) bond motifs is 1. The van der Waals surface area contributed by atoms with Gasteiger partial charge >= 0.3 is 6.09 Å². The van der Waals surface area contributed by atoms with Crippen LogP contribution in [0.15, 0.2) is 42.6 Å². The molecule has 26 heavy (non-hydrogen) atoms. The number of nitrogens with zero attached hydrogens (tertiary/aromatic N) is 1. The number of alkyl carbamates (subject to hydrolysis) is 1. The minimum atomic E-state index is -0.619. The Kier molecular flexibility index (Phi) is 4.93. The first kappa shape index (κ1) is 17.9. The lowest BCUT2D eigenvalue weighted by molar-refractivity contribution is -0.121. The molecular weight excluding hydrogens is 332 g/mol. The van der Waals surface area contributed by atoms with Crippen LogP contribution in [-0.2, 0) is 22.4 Å². The maximum absolute atomic E-state index is 12.3. The summed E-state index contributed by atoms with van der Waals surface area (Å²) < 4.78 is 11.0. The minimum absolute atomic E-state index is 0.0763. The third-order valence-electron chi connectivity index (χ3n) is 3.86. The van der Waals surface area contributed by atoms with Crippen molar-refractivity contribution in [2.24, 2.45) is 0 Å². The number of ketones is 1. The van der Waals surface area contributed by atoms with Crippen LogP contribution in [0.4, 0.5) is 4.79 Å². The first-order valence-electron chi connectivity index (χ1n) is 8.53. The molecule has 0 fully saturated rings. The number of hydrogen-bond acceptors (Lipinski definition) is 5. The lowest BCUT2D eigenvalue weighted by Crippen LogP contribution is -2.47. The van der Waals surface area contributed by atoms with Gasteiger partial charge in [-0.15, -0.1) is 0 Å². The van der Waals surface area contributed by atoms with Gasteiger partial charge in [0.1, 0.15) is 17.1 Å². The zero-order chi connectivity index (χ0) is 18.7. The predicted molar refractivity (Wildman–Crippen MR) is 96.3 cm³/mol. The molecule has 0 saturated carbocycles. The van der Waals surface area contributed by atoms with Gasteiger partial charge in [0.05, 0.1) is 24.4 Å². The highest BCUT2D eigenvalue weighted by Crippen LogP contribution is 2.26. The van der Waals surface area contributed by atoms with Crippen molar-refractivity contribution in [2.45, 2.75) is 45.3 Å². The smallest absolute Gasteiger partial charge is 0.408 e. The van der Waals surface area contributed by atoms with Crippen LogP contribution in [0.25, 0.3) is 0 Å². The lowest BCUT2D eigenvalue weighted by Gasteiger charge is -2.26. The molecule has 1 aliphatic carbocycles. The van der Waals surface area contributed by atoms with Crippen molar-refractivity contribution in [1.29, 1.82) is 0 Å². The van der Waals surface area contributed by atoms with E-state index in [0.717, 1.165) is 11.3 Å². The number of Topliss-reactive ketones (excluding diaryl/α,β-unsaturated/α-hetero) is 1. The Labute approximate surface area is 152 Å². The molecular formula is C20H22N2O4. The second kappa shape index (κ2) is 7.15. The van der Waals surface area contributed by atoms with E-state index in [1.165, 1.54) is 0 Å². The normalized spacial score (nSPS) is 16.6. The molecule has 2 aromatic rings. The topological polar surface area (TPSA) is 77.5 Å². The number of hydrogen-bond donors (Lipinski definition) is 1. The Bertz CT molecular complexity index is 812. The predicted octanol–water partition coefficient (Wildman–Crippen LogP) is 3.43. The number of pyridine rings is 1. The summed E-state index contributed by atoms with van der Waals surface area (Å²) in [6.45, 7) is 5.34. The van der Waals surface area contributed by atoms with Gasteiger partial charge in [-0.05, 0) is 44.5 Å². The van der Waals surface area contributed by atoms with Gasteiger partial charge in [-0.3, -0.25) is 9.78 Å². The van der Waals surface area contributed by atoms with Crippen molar-refractivity contribution >= 4 is 11.9 Å². The number of nitrogens with one attached hydrogen (secondary N) is 1. The molecule has 1 aliphatic rings. The zero-order valence-electron chi connectivity index (χ0n) is 15.1. The van der Waals surface area contributed by atoms with Crippen molar-refractivity contribution in [3.8, 4) is 11.5 Å². The van der Waals surface area contributed by atoms with Crippen LogP contribution >= 0.6 is 0 Å². The fourth-order valence-electron chi connectivity index (χ4n) is 2.74. The molecule has 1 aromatic heterocycles. The van der Waals surface area contributed by atoms with Crippen LogP contribution in [0.1, 0.15) is 32.0 Å². The SMILES string of the molecule is CC(C)(C)OC(=O)N[C@H]1Cc2cc(Oc3ccccc3)cnc2CC1=O. The van der Waals surface area contributed by atoms with E-state index < -0.39 is 17.7 Å². The average molecular weight is 354 g/mol. The number of benzene rings is 1. The van der Waals surface area contributed by atoms with Gasteiger partial charge in [0.25, 0.3) is 0 Å². The molecule has 0 spiro atoms. The molecule has 136 valence electrons. The van der Waals surface area contributed by atoms with Gasteiger partial charge in [-0.25, -0.2) is 4.79 Å². The van der Waals surface area contributed by atoms with E-state index in [-0.39, 0.29) is 12.2 Å². The van der Waals surface area contributed by atoms with Crippen LogP contribution in [0.5, 0.6) is 11.5 Å². The molecule has 6 nitrogen and oxygen atoms in total. The second-order valence-corrected chi connectivity index (χ2v) is 7.24. The highest BCUT2D eigenvalue weighted by atomic mass is 16.6. The Morgan fingerprint density at radius 2 is 1.92 bits per heavy atom. The van der Waals surface area contributed by atoms with Crippen LogP contribution in [0.3, 0.4) is 0 Å². The van der Waals surface area contributed by atoms with Gasteiger partial charge in [0.2, 0.25) is 0 Å². The molecule has 1 heterocycles. The van der Waals surface area contributed by atoms with E-state index in [9.17, 15) is 9.59 Å². The summed E-state index contributed by atoms with van der Waals surface area (Å²) in [5.41, 5.74) is 0.995. The Balaban J connectivity index is 1.72. The molecule has 0 bridgehead atoms. The van der Waals surface area contributed by atoms with Gasteiger partial charge in [-0.1, -0.05) is 18.2 Å². The summed E-state index contributed by atoms with van der Waals surface area (Å²) in [4.78, 5) is 28.6. The molecule has 3 rings (SSSR count). The minimum Gasteiger partial charge on any atom is -0.456 e. The standard InChI is InChI=1S/C20H22N2O4/c1-20(2,3)26-19(24)22-17-10-13-9-15(12-21-16(13)11-18(17)23)25-14-7-5-4-6-8-14/h4-9,12,17H,10-11H2,1-3H3,(H,22,24)/t17-/m0/s1. The molecule has 0 aliphatic heterocycles. The number of aromatic nitrogens is 1. The fraction of sp³-hybridized carbons (Fsp3) is 0.350. The van der Waals surface area contributed by atoms with Crippen molar-refractivity contribution in [1.82, 2.24) is 10.3 Å². The van der Waals surface area contributed by atoms with Crippen LogP contribution < -0.4 is 10.1 Å². The largest absolute Gasteiger partial charge is 0.456 e. The summed E-state index contributed by atoms with van der Waals surface area (Å²) in [5.74, 6) is 1.23. The zero-order valence-corrected chi connectivity index (χ0v) is 15.1. The average Bonchev–Trinajstić information content (AvgIpc) is 2.55. The first-order chi connectivity index (χ1) is 12.3. The van der Waals surface area contributed by atoms with Gasteiger partial charge in [0, 0.05) is 6.42 Å². The van der Waals surface area contributed by atoms with Gasteiger partial charge in [0.15, 0.2) is 5.78 Å². The van der Waals surface area contributed by atoms with E-state index in [0.29, 0.717) is 17.9 Å². The highest BCUT2D eigenvalue weighted by molar-refractivity contribution is 5.90. The summed E-state index contributed by atoms with van der Waals surface area (Å²) in [5, 5.41) is 2.66. The van der Waals surface area contributed by atoms with Gasteiger partial charge in [-0.2, -0.15) is 0 Å². The molecule has 6 heteroatoms. The molecule has 1 N–H and O–H groups in total. The molecule has 1 atom stereocenters. The summed E-state index contributed by atoms with van der Waals surface area (Å²) in [6.07, 6.45) is 1.57. The number of ether oxygens (including phenoxy) is 2. The van der Waals surface area contributed by atoms with E-state index in [2.05, 4.69) is 10.3 Å². The lowest BCUT2D eigenvalue weighted by atomic mass is 9.90. The second-order valence-electron chi connectivity index (χ2n) is 7.24. The third-order valence-corrected chi connectivity index (χ3v) is 3.86. The summed E-state index contributed by atoms with van der Waals surface area (Å²) in [6, 6.07) is 10.7. The molecule has 1 amide bonds. The number of amides is 1. The maximum atomic E-state index is 12.3. The van der Waals surface area contributed by atoms with E-state index >= 15 is 0 Å². The van der Waals surface area contributed by atoms with Crippen LogP contribution in [0.2, 0.25) is 0 Å². The fourth-order valence-corrected chi connectivity index (χ4v) is 2.74. The Hall–Kier alpha value is -2.89. The number of carbonyl (C=O) groups excluding carboxylic acids is 2. The molecule has 1 aromatic carbocycles. The van der Waals surface area contributed by atoms with Crippen LogP contribution in [0, 0.1) is 0 Å². The highest BCUT2D eigenvalue weighted by Gasteiger charge is 2.30.